The number of nitrogens with one attached hydrogen (secondary N) is 1. The SMILES string of the molecule is O=C(CCc1cc(Br)cs1)N1CCC(N2CCNCC2)C1. The summed E-state index contributed by atoms with van der Waals surface area (Å²) in [5.74, 6) is 0.317. The highest BCUT2D eigenvalue weighted by molar-refractivity contribution is 9.10. The van der Waals surface area contributed by atoms with Crippen molar-refractivity contribution in [1.29, 1.82) is 0 Å². The fourth-order valence-corrected chi connectivity index (χ4v) is 4.64. The Morgan fingerprint density at radius 2 is 2.19 bits per heavy atom. The minimum Gasteiger partial charge on any atom is -0.341 e. The van der Waals surface area contributed by atoms with Gasteiger partial charge in [0.15, 0.2) is 0 Å². The molecule has 2 aliphatic rings. The van der Waals surface area contributed by atoms with E-state index in [1.165, 1.54) is 4.88 Å². The van der Waals surface area contributed by atoms with Gasteiger partial charge in [0.1, 0.15) is 0 Å². The van der Waals surface area contributed by atoms with E-state index >= 15 is 0 Å². The third-order valence-corrected chi connectivity index (χ3v) is 6.15. The van der Waals surface area contributed by atoms with Crippen molar-refractivity contribution in [2.24, 2.45) is 0 Å². The number of piperazine rings is 1. The quantitative estimate of drug-likeness (QED) is 0.878. The summed E-state index contributed by atoms with van der Waals surface area (Å²) in [4.78, 5) is 18.2. The van der Waals surface area contributed by atoms with Crippen LogP contribution in [0, 0.1) is 0 Å². The molecule has 1 unspecified atom stereocenters. The summed E-state index contributed by atoms with van der Waals surface area (Å²) in [5.41, 5.74) is 0. The fraction of sp³-hybridized carbons (Fsp3) is 0.667. The van der Waals surface area contributed by atoms with Crippen LogP contribution in [0.4, 0.5) is 0 Å². The molecule has 21 heavy (non-hydrogen) atoms. The number of halogens is 1. The van der Waals surface area contributed by atoms with Crippen LogP contribution in [-0.4, -0.2) is 61.0 Å². The van der Waals surface area contributed by atoms with Gasteiger partial charge < -0.3 is 10.2 Å². The first kappa shape index (κ1) is 15.5. The number of likely N-dealkylation sites (tertiary alicyclic amines) is 1. The lowest BCUT2D eigenvalue weighted by Crippen LogP contribution is -2.49. The second-order valence-corrected chi connectivity index (χ2v) is 7.71. The molecule has 4 nitrogen and oxygen atoms in total. The van der Waals surface area contributed by atoms with Crippen LogP contribution in [0.25, 0.3) is 0 Å². The van der Waals surface area contributed by atoms with Gasteiger partial charge in [-0.15, -0.1) is 11.3 Å². The maximum absolute atomic E-state index is 12.3. The second kappa shape index (κ2) is 7.22. The molecule has 0 saturated carbocycles. The van der Waals surface area contributed by atoms with E-state index in [4.69, 9.17) is 0 Å². The normalized spacial score (nSPS) is 23.7. The number of nitrogens with zero attached hydrogens (tertiary/aromatic N) is 2. The first-order valence-corrected chi connectivity index (χ1v) is 9.35. The van der Waals surface area contributed by atoms with E-state index in [0.29, 0.717) is 18.4 Å². The molecule has 1 aromatic rings. The number of aryl methyl sites for hydroxylation is 1. The molecule has 0 radical (unpaired) electrons. The zero-order chi connectivity index (χ0) is 14.7. The maximum atomic E-state index is 12.3. The molecule has 1 atom stereocenters. The van der Waals surface area contributed by atoms with Crippen molar-refractivity contribution in [3.05, 3.63) is 20.8 Å². The highest BCUT2D eigenvalue weighted by Crippen LogP contribution is 2.22. The Bertz CT molecular complexity index is 487. The van der Waals surface area contributed by atoms with Gasteiger partial charge in [0.2, 0.25) is 5.91 Å². The van der Waals surface area contributed by atoms with Crippen molar-refractivity contribution in [1.82, 2.24) is 15.1 Å². The molecule has 3 heterocycles. The number of thiophene rings is 1. The Morgan fingerprint density at radius 1 is 1.38 bits per heavy atom. The van der Waals surface area contributed by atoms with E-state index < -0.39 is 0 Å². The lowest BCUT2D eigenvalue weighted by molar-refractivity contribution is -0.130. The molecule has 1 N–H and O–H groups in total. The third kappa shape index (κ3) is 4.06. The fourth-order valence-electron chi connectivity index (χ4n) is 3.19. The largest absolute Gasteiger partial charge is 0.341 e. The van der Waals surface area contributed by atoms with Crippen LogP contribution < -0.4 is 5.32 Å². The number of hydrogen-bond acceptors (Lipinski definition) is 4. The molecule has 0 aliphatic carbocycles. The highest BCUT2D eigenvalue weighted by atomic mass is 79.9. The van der Waals surface area contributed by atoms with E-state index in [2.05, 4.69) is 42.5 Å². The molecule has 2 fully saturated rings. The molecule has 2 saturated heterocycles. The zero-order valence-electron chi connectivity index (χ0n) is 12.2. The standard InChI is InChI=1S/C15H22BrN3OS/c16-12-9-14(21-11-12)1-2-15(20)19-6-3-13(10-19)18-7-4-17-5-8-18/h9,11,13,17H,1-8,10H2. The molecular formula is C15H22BrN3OS. The number of rotatable bonds is 4. The average molecular weight is 372 g/mol. The second-order valence-electron chi connectivity index (χ2n) is 5.80. The smallest absolute Gasteiger partial charge is 0.222 e. The summed E-state index contributed by atoms with van der Waals surface area (Å²) in [5, 5.41) is 5.47. The van der Waals surface area contributed by atoms with Crippen LogP contribution in [0.15, 0.2) is 15.9 Å². The summed E-state index contributed by atoms with van der Waals surface area (Å²) in [6.07, 6.45) is 2.64. The zero-order valence-corrected chi connectivity index (χ0v) is 14.6. The van der Waals surface area contributed by atoms with Gasteiger partial charge in [0.05, 0.1) is 0 Å². The minimum absolute atomic E-state index is 0.317. The number of carbonyl (C=O) groups is 1. The molecule has 1 aromatic heterocycles. The summed E-state index contributed by atoms with van der Waals surface area (Å²) in [7, 11) is 0. The maximum Gasteiger partial charge on any atom is 0.222 e. The van der Waals surface area contributed by atoms with Crippen molar-refractivity contribution in [2.45, 2.75) is 25.3 Å². The molecule has 0 aromatic carbocycles. The minimum atomic E-state index is 0.317. The number of carbonyl (C=O) groups excluding carboxylic acids is 1. The molecule has 116 valence electrons. The van der Waals surface area contributed by atoms with Crippen molar-refractivity contribution in [2.75, 3.05) is 39.3 Å². The van der Waals surface area contributed by atoms with Gasteiger partial charge in [-0.1, -0.05) is 0 Å². The first-order chi connectivity index (χ1) is 10.2. The van der Waals surface area contributed by atoms with Crippen molar-refractivity contribution in [3.8, 4) is 0 Å². The van der Waals surface area contributed by atoms with Crippen LogP contribution in [0.3, 0.4) is 0 Å². The monoisotopic (exact) mass is 371 g/mol. The number of amides is 1. The first-order valence-electron chi connectivity index (χ1n) is 7.68. The van der Waals surface area contributed by atoms with Crippen LogP contribution in [0.1, 0.15) is 17.7 Å². The lowest BCUT2D eigenvalue weighted by atomic mass is 10.2. The van der Waals surface area contributed by atoms with E-state index in [0.717, 1.165) is 56.6 Å². The van der Waals surface area contributed by atoms with Gasteiger partial charge in [-0.25, -0.2) is 0 Å². The summed E-state index contributed by atoms with van der Waals surface area (Å²) < 4.78 is 1.12. The van der Waals surface area contributed by atoms with Crippen LogP contribution in [0.2, 0.25) is 0 Å². The van der Waals surface area contributed by atoms with Gasteiger partial charge >= 0.3 is 0 Å². The van der Waals surface area contributed by atoms with Gasteiger partial charge in [0.25, 0.3) is 0 Å². The Balaban J connectivity index is 1.45. The molecule has 2 aliphatic heterocycles. The van der Waals surface area contributed by atoms with Crippen molar-refractivity contribution in [3.63, 3.8) is 0 Å². The summed E-state index contributed by atoms with van der Waals surface area (Å²) >= 11 is 5.19. The van der Waals surface area contributed by atoms with E-state index in [1.54, 1.807) is 11.3 Å². The summed E-state index contributed by atoms with van der Waals surface area (Å²) in [6.45, 7) is 6.26. The molecule has 1 amide bonds. The summed E-state index contributed by atoms with van der Waals surface area (Å²) in [6, 6.07) is 2.69. The van der Waals surface area contributed by atoms with Gasteiger partial charge in [0, 0.05) is 66.5 Å². The highest BCUT2D eigenvalue weighted by Gasteiger charge is 2.30. The van der Waals surface area contributed by atoms with Crippen molar-refractivity contribution < 1.29 is 4.79 Å². The Kier molecular flexibility index (Phi) is 5.32. The number of hydrogen-bond donors (Lipinski definition) is 1. The topological polar surface area (TPSA) is 35.6 Å². The van der Waals surface area contributed by atoms with Crippen molar-refractivity contribution >= 4 is 33.2 Å². The Morgan fingerprint density at radius 3 is 2.90 bits per heavy atom. The molecule has 0 spiro atoms. The lowest BCUT2D eigenvalue weighted by Gasteiger charge is -2.32. The Labute approximate surface area is 138 Å². The predicted molar refractivity (Wildman–Crippen MR) is 89.8 cm³/mol. The molecule has 0 bridgehead atoms. The molecular weight excluding hydrogens is 350 g/mol. The van der Waals surface area contributed by atoms with E-state index in [9.17, 15) is 4.79 Å². The van der Waals surface area contributed by atoms with E-state index in [1.807, 2.05) is 0 Å². The van der Waals surface area contributed by atoms with Crippen LogP contribution in [0.5, 0.6) is 0 Å². The average Bonchev–Trinajstić information content (AvgIpc) is 3.15. The van der Waals surface area contributed by atoms with Crippen LogP contribution in [-0.2, 0) is 11.2 Å². The molecule has 3 rings (SSSR count). The van der Waals surface area contributed by atoms with Gasteiger partial charge in [-0.05, 0) is 34.8 Å². The third-order valence-electron chi connectivity index (χ3n) is 4.39. The Hall–Kier alpha value is -0.430. The predicted octanol–water partition coefficient (Wildman–Crippen LogP) is 1.95. The van der Waals surface area contributed by atoms with Gasteiger partial charge in [-0.2, -0.15) is 0 Å². The van der Waals surface area contributed by atoms with Gasteiger partial charge in [-0.3, -0.25) is 9.69 Å². The van der Waals surface area contributed by atoms with E-state index in [-0.39, 0.29) is 0 Å². The van der Waals surface area contributed by atoms with Crippen LogP contribution >= 0.6 is 27.3 Å². The molecule has 6 heteroatoms.